The molecule has 6 heterocycles. The number of phenolic OH excluding ortho intramolecular Hbond substituents is 2. The third-order valence-corrected chi connectivity index (χ3v) is 15.2. The molecule has 5 atom stereocenters. The van der Waals surface area contributed by atoms with Crippen LogP contribution in [0.2, 0.25) is 0 Å². The number of phenols is 2. The number of ketones is 1. The van der Waals surface area contributed by atoms with Gasteiger partial charge < -0.3 is 39.9 Å². The third kappa shape index (κ3) is 11.7. The number of allylic oxidation sites excluding steroid dienone is 3. The van der Waals surface area contributed by atoms with Crippen LogP contribution in [0.3, 0.4) is 0 Å². The molecule has 0 aromatic heterocycles. The number of aliphatic hydroxyl groups is 1. The van der Waals surface area contributed by atoms with E-state index in [2.05, 4.69) is 65.1 Å². The summed E-state index contributed by atoms with van der Waals surface area (Å²) in [6.45, 7) is 19.6. The molecule has 2 saturated heterocycles. The molecule has 5 bridgehead atoms. The maximum atomic E-state index is 14.7. The zero-order valence-corrected chi connectivity index (χ0v) is 42.8. The molecule has 0 saturated carbocycles. The van der Waals surface area contributed by atoms with Gasteiger partial charge in [0.2, 0.25) is 11.7 Å². The molecule has 3 aromatic carbocycles. The number of benzene rings is 3. The van der Waals surface area contributed by atoms with Crippen molar-refractivity contribution >= 4 is 40.0 Å². The SMILES string of the molecule is C/C1=C/C=C/C(C)CCC(O)C[C@H](OC(=O)CC(=O)N2CCCN(Cc3ccc(C)cc3)CC2)C(C)CCC[C@H]2Oc3c(C)c(O)c4c(O)c(c5c(c4c3C2=O)NC2(CCN(CC(C)C)CC2)N=5)=NC1=O. The van der Waals surface area contributed by atoms with Crippen LogP contribution in [0, 0.1) is 31.6 Å². The fraction of sp³-hybridized carbons (Fsp3) is 0.571. The van der Waals surface area contributed by atoms with Crippen molar-refractivity contribution in [1.82, 2.24) is 14.7 Å². The number of anilines is 1. The number of carbonyl (C=O) groups excluding carboxylic acids is 4. The number of esters is 1. The first-order valence-electron chi connectivity index (χ1n) is 26.0. The first-order valence-corrected chi connectivity index (χ1v) is 26.0. The van der Waals surface area contributed by atoms with E-state index in [0.717, 1.165) is 39.1 Å². The monoisotopic (exact) mass is 975 g/mol. The highest BCUT2D eigenvalue weighted by Crippen LogP contribution is 2.50. The van der Waals surface area contributed by atoms with Crippen LogP contribution in [0.15, 0.2) is 58.1 Å². The van der Waals surface area contributed by atoms with Gasteiger partial charge in [0.05, 0.1) is 22.7 Å². The molecule has 0 radical (unpaired) electrons. The molecule has 4 N–H and O–H groups in total. The van der Waals surface area contributed by atoms with Crippen molar-refractivity contribution in [3.8, 4) is 17.2 Å². The minimum atomic E-state index is -0.912. The number of fused-ring (bicyclic) bond motifs is 13. The molecule has 0 aliphatic carbocycles. The largest absolute Gasteiger partial charge is 0.507 e. The van der Waals surface area contributed by atoms with Gasteiger partial charge in [-0.3, -0.25) is 29.1 Å². The number of nitrogens with one attached hydrogen (secondary N) is 1. The highest BCUT2D eigenvalue weighted by atomic mass is 16.5. The molecule has 71 heavy (non-hydrogen) atoms. The summed E-state index contributed by atoms with van der Waals surface area (Å²) >= 11 is 0. The van der Waals surface area contributed by atoms with Crippen LogP contribution in [-0.4, -0.2) is 123 Å². The number of hydrogen-bond donors (Lipinski definition) is 4. The lowest BCUT2D eigenvalue weighted by molar-refractivity contribution is -0.157. The Hall–Kier alpha value is -5.64. The summed E-state index contributed by atoms with van der Waals surface area (Å²) in [6, 6.07) is 8.48. The van der Waals surface area contributed by atoms with Gasteiger partial charge in [0, 0.05) is 88.1 Å². The summed E-state index contributed by atoms with van der Waals surface area (Å²) < 4.78 is 12.6. The molecular weight excluding hydrogens is 901 g/mol. The van der Waals surface area contributed by atoms with E-state index in [-0.39, 0.29) is 74.1 Å². The van der Waals surface area contributed by atoms with Crippen LogP contribution in [-0.2, 0) is 25.7 Å². The van der Waals surface area contributed by atoms with Gasteiger partial charge in [-0.1, -0.05) is 75.8 Å². The number of ether oxygens (including phenoxy) is 2. The molecule has 3 unspecified atom stereocenters. The number of rotatable bonds is 7. The fourth-order valence-electron chi connectivity index (χ4n) is 11.0. The molecule has 2 fully saturated rings. The zero-order chi connectivity index (χ0) is 50.7. The molecule has 15 nitrogen and oxygen atoms in total. The first-order chi connectivity index (χ1) is 33.9. The van der Waals surface area contributed by atoms with Crippen molar-refractivity contribution < 1.29 is 44.0 Å². The molecular formula is C56H74N6O9. The third-order valence-electron chi connectivity index (χ3n) is 15.2. The molecule has 15 heteroatoms. The maximum absolute atomic E-state index is 14.7. The Kier molecular flexibility index (Phi) is 16.0. The van der Waals surface area contributed by atoms with E-state index in [1.165, 1.54) is 11.1 Å². The minimum Gasteiger partial charge on any atom is -0.507 e. The molecule has 9 rings (SSSR count). The van der Waals surface area contributed by atoms with E-state index in [1.54, 1.807) is 30.9 Å². The van der Waals surface area contributed by atoms with Gasteiger partial charge >= 0.3 is 5.97 Å². The first kappa shape index (κ1) is 51.7. The van der Waals surface area contributed by atoms with Crippen LogP contribution in [0.25, 0.3) is 10.8 Å². The van der Waals surface area contributed by atoms with Crippen molar-refractivity contribution in [2.45, 2.75) is 143 Å². The molecule has 1 spiro atoms. The van der Waals surface area contributed by atoms with Crippen LogP contribution in [0.5, 0.6) is 17.2 Å². The van der Waals surface area contributed by atoms with E-state index in [4.69, 9.17) is 14.5 Å². The topological polar surface area (TPSA) is 194 Å². The standard InChI is InChI=1S/C56H74N6O9/c1-33(2)31-61-25-21-56(22-26-61)58-48-45-46-51(66)38(7)54-47(45)52(67)41(71-54)14-9-12-36(5)42(29-40(63)20-17-34(3)11-8-13-37(6)55(69)57-50(53(46)68)49(48)59-56)70-44(65)30-43(64)62-24-10-23-60(27-28-62)32-39-18-15-35(4)16-19-39/h8,11,13,15-16,18-19,33-34,36,40-42,58,63,66,68H,9-10,12,14,17,20-32H2,1-7H3/b11-8+,37-13-,57-50?/t34?,36?,40?,41-,42+/m1/s1. The number of aromatic hydroxyl groups is 2. The Labute approximate surface area is 417 Å². The Balaban J connectivity index is 1.04. The number of piperidine rings is 1. The van der Waals surface area contributed by atoms with Crippen molar-refractivity contribution in [2.75, 3.05) is 51.1 Å². The average Bonchev–Trinajstić information content (AvgIpc) is 3.75. The van der Waals surface area contributed by atoms with Gasteiger partial charge in [0.1, 0.15) is 40.4 Å². The number of Topliss-reactive ketones (excluding diaryl/α,β-unsaturated/α-hetero) is 1. The Morgan fingerprint density at radius 3 is 2.37 bits per heavy atom. The van der Waals surface area contributed by atoms with E-state index in [9.17, 15) is 34.5 Å². The van der Waals surface area contributed by atoms with Crippen molar-refractivity contribution in [3.05, 3.63) is 81.0 Å². The van der Waals surface area contributed by atoms with Crippen molar-refractivity contribution in [2.24, 2.45) is 27.7 Å². The van der Waals surface area contributed by atoms with E-state index in [0.29, 0.717) is 81.8 Å². The molecule has 2 amide bonds. The molecule has 6 aliphatic heterocycles. The molecule has 6 aliphatic rings. The van der Waals surface area contributed by atoms with Crippen molar-refractivity contribution in [3.63, 3.8) is 0 Å². The Morgan fingerprint density at radius 2 is 1.63 bits per heavy atom. The average molecular weight is 975 g/mol. The van der Waals surface area contributed by atoms with Crippen LogP contribution in [0.4, 0.5) is 5.69 Å². The lowest BCUT2D eigenvalue weighted by Gasteiger charge is -2.38. The number of nitrogens with zero attached hydrogens (tertiary/aromatic N) is 5. The summed E-state index contributed by atoms with van der Waals surface area (Å²) in [5.74, 6) is -2.05. The number of aliphatic hydroxyl groups excluding tert-OH is 1. The highest BCUT2D eigenvalue weighted by molar-refractivity contribution is 6.21. The second-order valence-corrected chi connectivity index (χ2v) is 21.5. The lowest BCUT2D eigenvalue weighted by atomic mass is 9.90. The summed E-state index contributed by atoms with van der Waals surface area (Å²) in [5, 5.41) is 39.5. The van der Waals surface area contributed by atoms with Gasteiger partial charge in [-0.15, -0.1) is 0 Å². The van der Waals surface area contributed by atoms with Gasteiger partial charge in [-0.25, -0.2) is 4.99 Å². The predicted molar refractivity (Wildman–Crippen MR) is 272 cm³/mol. The van der Waals surface area contributed by atoms with Crippen LogP contribution in [0.1, 0.15) is 126 Å². The van der Waals surface area contributed by atoms with Gasteiger partial charge in [0.15, 0.2) is 11.9 Å². The zero-order valence-electron chi connectivity index (χ0n) is 42.8. The van der Waals surface area contributed by atoms with E-state index in [1.807, 2.05) is 19.9 Å². The van der Waals surface area contributed by atoms with Crippen LogP contribution >= 0.6 is 0 Å². The Bertz CT molecular complexity index is 2710. The van der Waals surface area contributed by atoms with Crippen LogP contribution < -0.4 is 20.8 Å². The van der Waals surface area contributed by atoms with Gasteiger partial charge in [0.25, 0.3) is 5.91 Å². The quantitative estimate of drug-likeness (QED) is 0.108. The number of likely N-dealkylation sites (tertiary alicyclic amines) is 1. The smallest absolute Gasteiger partial charge is 0.315 e. The predicted octanol–water partition coefficient (Wildman–Crippen LogP) is 6.98. The van der Waals surface area contributed by atoms with Gasteiger partial charge in [-0.05, 0) is 82.6 Å². The summed E-state index contributed by atoms with van der Waals surface area (Å²) in [6.07, 6.45) is 7.16. The Morgan fingerprint density at radius 1 is 0.887 bits per heavy atom. The second kappa shape index (κ2) is 22.0. The maximum Gasteiger partial charge on any atom is 0.315 e. The number of amides is 2. The van der Waals surface area contributed by atoms with Crippen molar-refractivity contribution in [1.29, 1.82) is 0 Å². The summed E-state index contributed by atoms with van der Waals surface area (Å²) in [4.78, 5) is 72.0. The normalized spacial score (nSPS) is 25.8. The number of hydrogen-bond acceptors (Lipinski definition) is 13. The minimum absolute atomic E-state index is 0.00105. The number of aryl methyl sites for hydroxylation is 1. The van der Waals surface area contributed by atoms with E-state index < -0.39 is 48.0 Å². The molecule has 382 valence electrons. The number of carbonyl (C=O) groups is 4. The summed E-state index contributed by atoms with van der Waals surface area (Å²) in [7, 11) is 0. The van der Waals surface area contributed by atoms with Gasteiger partial charge in [-0.2, -0.15) is 0 Å². The highest BCUT2D eigenvalue weighted by Gasteiger charge is 2.44. The van der Waals surface area contributed by atoms with E-state index >= 15 is 0 Å². The summed E-state index contributed by atoms with van der Waals surface area (Å²) in [5.41, 5.74) is 2.87. The molecule has 3 aromatic rings. The lowest BCUT2D eigenvalue weighted by Crippen LogP contribution is -2.47. The second-order valence-electron chi connectivity index (χ2n) is 21.5. The fourth-order valence-corrected chi connectivity index (χ4v) is 11.0.